The van der Waals surface area contributed by atoms with E-state index in [9.17, 15) is 4.79 Å². The Balaban J connectivity index is 1.99. The average molecular weight is 273 g/mol. The Morgan fingerprint density at radius 2 is 2.30 bits per heavy atom. The largest absolute Gasteiger partial charge is 0.348 e. The van der Waals surface area contributed by atoms with Crippen molar-refractivity contribution in [3.63, 3.8) is 0 Å². The van der Waals surface area contributed by atoms with Crippen molar-refractivity contribution in [2.75, 3.05) is 5.43 Å². The minimum atomic E-state index is -0.0933. The summed E-state index contributed by atoms with van der Waals surface area (Å²) in [6.45, 7) is 4.55. The zero-order valence-electron chi connectivity index (χ0n) is 11.6. The molecule has 6 heteroatoms. The number of hydrogen-bond acceptors (Lipinski definition) is 4. The smallest absolute Gasteiger partial charge is 0.251 e. The topological polar surface area (TPSA) is 85.0 Å². The van der Waals surface area contributed by atoms with Gasteiger partial charge in [0.1, 0.15) is 0 Å². The van der Waals surface area contributed by atoms with Gasteiger partial charge in [-0.25, -0.2) is 4.98 Å². The molecule has 0 aliphatic heterocycles. The lowest BCUT2D eigenvalue weighted by atomic mass is 10.1. The number of nitrogen functional groups attached to an aromatic ring is 1. The minimum Gasteiger partial charge on any atom is -0.348 e. The van der Waals surface area contributed by atoms with Crippen molar-refractivity contribution in [3.05, 3.63) is 48.0 Å². The van der Waals surface area contributed by atoms with Crippen LogP contribution in [0.3, 0.4) is 0 Å². The number of rotatable bonds is 5. The molecule has 1 aromatic carbocycles. The van der Waals surface area contributed by atoms with Crippen LogP contribution >= 0.6 is 0 Å². The van der Waals surface area contributed by atoms with Crippen LogP contribution < -0.4 is 16.6 Å². The van der Waals surface area contributed by atoms with E-state index in [1.165, 1.54) is 0 Å². The summed E-state index contributed by atoms with van der Waals surface area (Å²) in [5.74, 6) is 5.28. The fraction of sp³-hybridized carbons (Fsp3) is 0.286. The maximum atomic E-state index is 12.1. The monoisotopic (exact) mass is 273 g/mol. The first-order valence-electron chi connectivity index (χ1n) is 6.44. The number of hydrazine groups is 1. The van der Waals surface area contributed by atoms with Crippen LogP contribution in [0.15, 0.2) is 36.9 Å². The lowest BCUT2D eigenvalue weighted by Gasteiger charge is -2.15. The summed E-state index contributed by atoms with van der Waals surface area (Å²) >= 11 is 0. The second kappa shape index (κ2) is 6.21. The molecule has 0 fully saturated rings. The van der Waals surface area contributed by atoms with Crippen LogP contribution in [0.1, 0.15) is 22.8 Å². The van der Waals surface area contributed by atoms with Crippen LogP contribution in [0, 0.1) is 6.92 Å². The predicted octanol–water partition coefficient (Wildman–Crippen LogP) is 1.30. The number of carbonyl (C=O) groups excluding carboxylic acids is 1. The van der Waals surface area contributed by atoms with Crippen LogP contribution in [0.2, 0.25) is 0 Å². The number of imidazole rings is 1. The molecule has 0 saturated carbocycles. The first-order valence-corrected chi connectivity index (χ1v) is 6.44. The van der Waals surface area contributed by atoms with Gasteiger partial charge >= 0.3 is 0 Å². The Morgan fingerprint density at radius 3 is 2.90 bits per heavy atom. The number of aryl methyl sites for hydroxylation is 1. The fourth-order valence-corrected chi connectivity index (χ4v) is 2.03. The number of nitrogens with zero attached hydrogens (tertiary/aromatic N) is 2. The molecule has 1 aromatic heterocycles. The highest BCUT2D eigenvalue weighted by molar-refractivity contribution is 5.95. The third kappa shape index (κ3) is 3.36. The van der Waals surface area contributed by atoms with E-state index in [2.05, 4.69) is 15.7 Å². The molecule has 0 bridgehead atoms. The second-order valence-electron chi connectivity index (χ2n) is 4.81. The second-order valence-corrected chi connectivity index (χ2v) is 4.81. The SMILES string of the molecule is Cc1cc(C(=O)NC(C)Cn2ccnc2)ccc1NN. The van der Waals surface area contributed by atoms with E-state index in [1.807, 2.05) is 30.7 Å². The lowest BCUT2D eigenvalue weighted by molar-refractivity contribution is 0.0936. The van der Waals surface area contributed by atoms with Gasteiger partial charge < -0.3 is 15.3 Å². The molecule has 2 aromatic rings. The van der Waals surface area contributed by atoms with Crippen LogP contribution in [0.5, 0.6) is 0 Å². The summed E-state index contributed by atoms with van der Waals surface area (Å²) in [4.78, 5) is 16.1. The van der Waals surface area contributed by atoms with E-state index in [-0.39, 0.29) is 11.9 Å². The average Bonchev–Trinajstić information content (AvgIpc) is 2.91. The number of nitrogens with two attached hydrogens (primary N) is 1. The van der Waals surface area contributed by atoms with Crippen LogP contribution in [-0.2, 0) is 6.54 Å². The first kappa shape index (κ1) is 14.1. The number of anilines is 1. The van der Waals surface area contributed by atoms with Crippen molar-refractivity contribution >= 4 is 11.6 Å². The predicted molar refractivity (Wildman–Crippen MR) is 78.1 cm³/mol. The molecule has 4 N–H and O–H groups in total. The number of nitrogens with one attached hydrogen (secondary N) is 2. The highest BCUT2D eigenvalue weighted by Gasteiger charge is 2.11. The maximum Gasteiger partial charge on any atom is 0.251 e. The zero-order valence-corrected chi connectivity index (χ0v) is 11.6. The highest BCUT2D eigenvalue weighted by atomic mass is 16.1. The highest BCUT2D eigenvalue weighted by Crippen LogP contribution is 2.15. The molecule has 1 heterocycles. The number of benzene rings is 1. The number of aromatic nitrogens is 2. The van der Waals surface area contributed by atoms with E-state index in [0.29, 0.717) is 12.1 Å². The van der Waals surface area contributed by atoms with Gasteiger partial charge in [0.05, 0.1) is 12.0 Å². The third-order valence-electron chi connectivity index (χ3n) is 3.07. The van der Waals surface area contributed by atoms with E-state index < -0.39 is 0 Å². The third-order valence-corrected chi connectivity index (χ3v) is 3.07. The van der Waals surface area contributed by atoms with Gasteiger partial charge in [0, 0.05) is 30.5 Å². The summed E-state index contributed by atoms with van der Waals surface area (Å²) in [7, 11) is 0. The van der Waals surface area contributed by atoms with Crippen LogP contribution in [0.4, 0.5) is 5.69 Å². The molecule has 0 aliphatic carbocycles. The molecule has 2 rings (SSSR count). The van der Waals surface area contributed by atoms with Crippen molar-refractivity contribution in [1.29, 1.82) is 0 Å². The molecule has 20 heavy (non-hydrogen) atoms. The van der Waals surface area contributed by atoms with Crippen molar-refractivity contribution < 1.29 is 4.79 Å². The Bertz CT molecular complexity index is 579. The van der Waals surface area contributed by atoms with E-state index >= 15 is 0 Å². The lowest BCUT2D eigenvalue weighted by Crippen LogP contribution is -2.35. The van der Waals surface area contributed by atoms with Crippen molar-refractivity contribution in [1.82, 2.24) is 14.9 Å². The molecule has 1 unspecified atom stereocenters. The molecular formula is C14H19N5O. The minimum absolute atomic E-state index is 0.0179. The van der Waals surface area contributed by atoms with Gasteiger partial charge in [0.15, 0.2) is 0 Å². The fourth-order valence-electron chi connectivity index (χ4n) is 2.03. The van der Waals surface area contributed by atoms with Gasteiger partial charge in [-0.15, -0.1) is 0 Å². The molecule has 0 aliphatic rings. The van der Waals surface area contributed by atoms with Crippen molar-refractivity contribution in [3.8, 4) is 0 Å². The van der Waals surface area contributed by atoms with Crippen molar-refractivity contribution in [2.45, 2.75) is 26.4 Å². The van der Waals surface area contributed by atoms with E-state index in [0.717, 1.165) is 11.3 Å². The van der Waals surface area contributed by atoms with Crippen LogP contribution in [0.25, 0.3) is 0 Å². The van der Waals surface area contributed by atoms with Gasteiger partial charge in [-0.05, 0) is 37.6 Å². The summed E-state index contributed by atoms with van der Waals surface area (Å²) < 4.78 is 1.93. The molecule has 1 amide bonds. The summed E-state index contributed by atoms with van der Waals surface area (Å²) in [5.41, 5.74) is 4.96. The standard InChI is InChI=1S/C14H19N5O/c1-10-7-12(3-4-13(10)18-15)14(20)17-11(2)8-19-6-5-16-9-19/h3-7,9,11,18H,8,15H2,1-2H3,(H,17,20). The van der Waals surface area contributed by atoms with Gasteiger partial charge in [-0.1, -0.05) is 0 Å². The number of hydrogen-bond donors (Lipinski definition) is 3. The summed E-state index contributed by atoms with van der Waals surface area (Å²) in [6.07, 6.45) is 5.32. The summed E-state index contributed by atoms with van der Waals surface area (Å²) in [6, 6.07) is 5.38. The van der Waals surface area contributed by atoms with Crippen LogP contribution in [-0.4, -0.2) is 21.5 Å². The molecule has 0 radical (unpaired) electrons. The quantitative estimate of drug-likeness (QED) is 0.566. The normalized spacial score (nSPS) is 11.9. The molecule has 0 saturated heterocycles. The Labute approximate surface area is 118 Å². The molecule has 6 nitrogen and oxygen atoms in total. The number of amides is 1. The van der Waals surface area contributed by atoms with E-state index in [4.69, 9.17) is 5.84 Å². The first-order chi connectivity index (χ1) is 9.60. The van der Waals surface area contributed by atoms with Crippen molar-refractivity contribution in [2.24, 2.45) is 5.84 Å². The Hall–Kier alpha value is -2.34. The van der Waals surface area contributed by atoms with E-state index in [1.54, 1.807) is 24.7 Å². The molecule has 0 spiro atoms. The molecule has 106 valence electrons. The Kier molecular flexibility index (Phi) is 4.37. The van der Waals surface area contributed by atoms with Gasteiger partial charge in [-0.2, -0.15) is 0 Å². The van der Waals surface area contributed by atoms with Gasteiger partial charge in [0.2, 0.25) is 0 Å². The Morgan fingerprint density at radius 1 is 1.50 bits per heavy atom. The maximum absolute atomic E-state index is 12.1. The van der Waals surface area contributed by atoms with Gasteiger partial charge in [-0.3, -0.25) is 10.6 Å². The van der Waals surface area contributed by atoms with Gasteiger partial charge in [0.25, 0.3) is 5.91 Å². The zero-order chi connectivity index (χ0) is 14.5. The molecule has 1 atom stereocenters. The summed E-state index contributed by atoms with van der Waals surface area (Å²) in [5, 5.41) is 2.96. The molecular weight excluding hydrogens is 254 g/mol. The number of carbonyl (C=O) groups is 1.